The number of rotatable bonds is 3. The lowest BCUT2D eigenvalue weighted by molar-refractivity contribution is 0.297. The molecular formula is C15H13Cl2NO4S. The zero-order valence-corrected chi connectivity index (χ0v) is 14.2. The molecule has 0 fully saturated rings. The zero-order chi connectivity index (χ0) is 16.4. The van der Waals surface area contributed by atoms with Crippen LogP contribution in [0, 0.1) is 0 Å². The van der Waals surface area contributed by atoms with Crippen LogP contribution in [-0.2, 0) is 10.0 Å². The van der Waals surface area contributed by atoms with Gasteiger partial charge in [0.25, 0.3) is 10.0 Å². The minimum Gasteiger partial charge on any atom is -0.490 e. The van der Waals surface area contributed by atoms with Crippen molar-refractivity contribution in [2.24, 2.45) is 0 Å². The van der Waals surface area contributed by atoms with Gasteiger partial charge in [-0.1, -0.05) is 23.2 Å². The number of nitrogens with one attached hydrogen (secondary N) is 1. The van der Waals surface area contributed by atoms with Gasteiger partial charge in [-0.05, 0) is 30.3 Å². The maximum Gasteiger partial charge on any atom is 0.261 e. The summed E-state index contributed by atoms with van der Waals surface area (Å²) in [4.78, 5) is -0.0119. The van der Waals surface area contributed by atoms with Gasteiger partial charge in [-0.25, -0.2) is 8.42 Å². The van der Waals surface area contributed by atoms with Gasteiger partial charge < -0.3 is 9.47 Å². The first-order valence-electron chi connectivity index (χ1n) is 6.83. The number of anilines is 1. The standard InChI is InChI=1S/C15H13Cl2NO4S/c16-10-6-11(17)8-13(7-10)23(19,20)18-12-2-3-14-15(9-12)22-5-1-4-21-14/h2-3,6-9,18H,1,4-5H2. The van der Waals surface area contributed by atoms with Crippen LogP contribution in [0.15, 0.2) is 41.3 Å². The van der Waals surface area contributed by atoms with Crippen molar-refractivity contribution in [1.29, 1.82) is 0 Å². The Morgan fingerprint density at radius 1 is 0.913 bits per heavy atom. The van der Waals surface area contributed by atoms with Crippen molar-refractivity contribution < 1.29 is 17.9 Å². The lowest BCUT2D eigenvalue weighted by Crippen LogP contribution is -2.13. The molecule has 2 aromatic carbocycles. The number of benzene rings is 2. The first-order valence-corrected chi connectivity index (χ1v) is 9.06. The average molecular weight is 374 g/mol. The van der Waals surface area contributed by atoms with E-state index in [0.29, 0.717) is 30.4 Å². The summed E-state index contributed by atoms with van der Waals surface area (Å²) in [6.07, 6.45) is 0.775. The Balaban J connectivity index is 1.90. The molecule has 1 aliphatic rings. The van der Waals surface area contributed by atoms with Gasteiger partial charge in [0.05, 0.1) is 23.8 Å². The van der Waals surface area contributed by atoms with Crippen LogP contribution >= 0.6 is 23.2 Å². The summed E-state index contributed by atoms with van der Waals surface area (Å²) in [5.41, 5.74) is 0.366. The Morgan fingerprint density at radius 3 is 2.26 bits per heavy atom. The van der Waals surface area contributed by atoms with Crippen LogP contribution in [-0.4, -0.2) is 21.6 Å². The van der Waals surface area contributed by atoms with Crippen LogP contribution in [0.4, 0.5) is 5.69 Å². The van der Waals surface area contributed by atoms with Crippen LogP contribution in [0.3, 0.4) is 0 Å². The summed E-state index contributed by atoms with van der Waals surface area (Å²) < 4.78 is 38.4. The Kier molecular flexibility index (Phi) is 4.57. The first-order chi connectivity index (χ1) is 10.9. The number of sulfonamides is 1. The van der Waals surface area contributed by atoms with Crippen molar-refractivity contribution >= 4 is 38.9 Å². The second kappa shape index (κ2) is 6.47. The molecule has 0 aromatic heterocycles. The molecule has 0 radical (unpaired) electrons. The third-order valence-corrected chi connectivity index (χ3v) is 4.94. The van der Waals surface area contributed by atoms with Crippen molar-refractivity contribution in [2.75, 3.05) is 17.9 Å². The SMILES string of the molecule is O=S(=O)(Nc1ccc2c(c1)OCCCO2)c1cc(Cl)cc(Cl)c1. The molecule has 0 bridgehead atoms. The summed E-state index contributed by atoms with van der Waals surface area (Å²) in [7, 11) is -3.81. The monoisotopic (exact) mass is 373 g/mol. The number of fused-ring (bicyclic) bond motifs is 1. The molecule has 0 aliphatic carbocycles. The van der Waals surface area contributed by atoms with Crippen LogP contribution in [0.1, 0.15) is 6.42 Å². The summed E-state index contributed by atoms with van der Waals surface area (Å²) in [6.45, 7) is 1.09. The number of halogens is 2. The van der Waals surface area contributed by atoms with E-state index in [0.717, 1.165) is 6.42 Å². The van der Waals surface area contributed by atoms with E-state index in [2.05, 4.69) is 4.72 Å². The first kappa shape index (κ1) is 16.2. The van der Waals surface area contributed by atoms with Crippen molar-refractivity contribution in [3.05, 3.63) is 46.4 Å². The summed E-state index contributed by atoms with van der Waals surface area (Å²) in [6, 6.07) is 9.00. The topological polar surface area (TPSA) is 64.6 Å². The van der Waals surface area contributed by atoms with E-state index in [1.54, 1.807) is 18.2 Å². The molecule has 1 aliphatic heterocycles. The fraction of sp³-hybridized carbons (Fsp3) is 0.200. The molecule has 0 unspecified atom stereocenters. The van der Waals surface area contributed by atoms with Crippen LogP contribution in [0.25, 0.3) is 0 Å². The second-order valence-corrected chi connectivity index (χ2v) is 7.48. The van der Waals surface area contributed by atoms with Gasteiger partial charge in [0, 0.05) is 22.5 Å². The Morgan fingerprint density at radius 2 is 1.57 bits per heavy atom. The predicted molar refractivity (Wildman–Crippen MR) is 89.3 cm³/mol. The lowest BCUT2D eigenvalue weighted by Gasteiger charge is -2.12. The third-order valence-electron chi connectivity index (χ3n) is 3.15. The maximum atomic E-state index is 12.4. The fourth-order valence-corrected chi connectivity index (χ4v) is 3.90. The predicted octanol–water partition coefficient (Wildman–Crippen LogP) is 3.96. The highest BCUT2D eigenvalue weighted by molar-refractivity contribution is 7.92. The van der Waals surface area contributed by atoms with Crippen LogP contribution in [0.2, 0.25) is 10.0 Å². The maximum absolute atomic E-state index is 12.4. The molecule has 0 spiro atoms. The number of hydrogen-bond donors (Lipinski definition) is 1. The van der Waals surface area contributed by atoms with E-state index in [-0.39, 0.29) is 14.9 Å². The van der Waals surface area contributed by atoms with Gasteiger partial charge in [0.2, 0.25) is 0 Å². The molecule has 5 nitrogen and oxygen atoms in total. The number of hydrogen-bond acceptors (Lipinski definition) is 4. The molecular weight excluding hydrogens is 361 g/mol. The van der Waals surface area contributed by atoms with E-state index in [9.17, 15) is 8.42 Å². The van der Waals surface area contributed by atoms with Gasteiger partial charge in [-0.3, -0.25) is 4.72 Å². The summed E-state index contributed by atoms with van der Waals surface area (Å²) in [5.74, 6) is 1.10. The van der Waals surface area contributed by atoms with Crippen LogP contribution < -0.4 is 14.2 Å². The Labute approximate surface area is 144 Å². The Bertz CT molecular complexity index is 819. The molecule has 122 valence electrons. The average Bonchev–Trinajstić information content (AvgIpc) is 2.70. The van der Waals surface area contributed by atoms with Crippen molar-refractivity contribution in [3.8, 4) is 11.5 Å². The molecule has 3 rings (SSSR count). The lowest BCUT2D eigenvalue weighted by atomic mass is 10.3. The van der Waals surface area contributed by atoms with Gasteiger partial charge in [0.1, 0.15) is 0 Å². The Hall–Kier alpha value is -1.63. The molecule has 8 heteroatoms. The molecule has 0 atom stereocenters. The smallest absolute Gasteiger partial charge is 0.261 e. The highest BCUT2D eigenvalue weighted by atomic mass is 35.5. The fourth-order valence-electron chi connectivity index (χ4n) is 2.12. The van der Waals surface area contributed by atoms with Gasteiger partial charge in [-0.2, -0.15) is 0 Å². The molecule has 1 heterocycles. The molecule has 0 saturated heterocycles. The number of ether oxygens (including phenoxy) is 2. The van der Waals surface area contributed by atoms with Gasteiger partial charge in [-0.15, -0.1) is 0 Å². The van der Waals surface area contributed by atoms with Gasteiger partial charge >= 0.3 is 0 Å². The van der Waals surface area contributed by atoms with E-state index >= 15 is 0 Å². The largest absolute Gasteiger partial charge is 0.490 e. The minimum absolute atomic E-state index is 0.0119. The van der Waals surface area contributed by atoms with E-state index in [1.165, 1.54) is 18.2 Å². The van der Waals surface area contributed by atoms with Crippen molar-refractivity contribution in [2.45, 2.75) is 11.3 Å². The molecule has 23 heavy (non-hydrogen) atoms. The zero-order valence-electron chi connectivity index (χ0n) is 11.9. The third kappa shape index (κ3) is 3.83. The van der Waals surface area contributed by atoms with E-state index < -0.39 is 10.0 Å². The van der Waals surface area contributed by atoms with Gasteiger partial charge in [0.15, 0.2) is 11.5 Å². The van der Waals surface area contributed by atoms with Crippen molar-refractivity contribution in [1.82, 2.24) is 0 Å². The highest BCUT2D eigenvalue weighted by Gasteiger charge is 2.18. The molecule has 2 aromatic rings. The normalized spacial score (nSPS) is 14.2. The quantitative estimate of drug-likeness (QED) is 0.884. The molecule has 0 amide bonds. The second-order valence-electron chi connectivity index (χ2n) is 4.92. The van der Waals surface area contributed by atoms with E-state index in [1.807, 2.05) is 0 Å². The van der Waals surface area contributed by atoms with Crippen LogP contribution in [0.5, 0.6) is 11.5 Å². The summed E-state index contributed by atoms with van der Waals surface area (Å²) in [5, 5.41) is 0.494. The molecule has 1 N–H and O–H groups in total. The molecule has 0 saturated carbocycles. The highest BCUT2D eigenvalue weighted by Crippen LogP contribution is 2.33. The van der Waals surface area contributed by atoms with E-state index in [4.69, 9.17) is 32.7 Å². The summed E-state index contributed by atoms with van der Waals surface area (Å²) >= 11 is 11.7. The van der Waals surface area contributed by atoms with Crippen molar-refractivity contribution in [3.63, 3.8) is 0 Å². The minimum atomic E-state index is -3.81.